The van der Waals surface area contributed by atoms with Crippen molar-refractivity contribution in [3.63, 3.8) is 0 Å². The van der Waals surface area contributed by atoms with Gasteiger partial charge in [0.2, 0.25) is 5.91 Å². The topological polar surface area (TPSA) is 95.2 Å². The second-order valence-corrected chi connectivity index (χ2v) is 8.74. The molecule has 0 aromatic carbocycles. The fraction of sp³-hybridized carbons (Fsp3) is 0.615. The number of rotatable bonds is 10. The van der Waals surface area contributed by atoms with E-state index in [1.807, 2.05) is 32.3 Å². The predicted molar refractivity (Wildman–Crippen MR) is 142 cm³/mol. The van der Waals surface area contributed by atoms with Crippen LogP contribution in [0.15, 0.2) is 53.3 Å². The molecule has 34 heavy (non-hydrogen) atoms. The van der Waals surface area contributed by atoms with E-state index in [2.05, 4.69) is 59.6 Å². The fourth-order valence-electron chi connectivity index (χ4n) is 4.09. The Morgan fingerprint density at radius 1 is 1.32 bits per heavy atom. The lowest BCUT2D eigenvalue weighted by Gasteiger charge is -2.35. The van der Waals surface area contributed by atoms with Gasteiger partial charge in [0.25, 0.3) is 0 Å². The number of aliphatic imine (C=N–C) groups is 1. The van der Waals surface area contributed by atoms with Crippen LogP contribution in [0.3, 0.4) is 0 Å². The van der Waals surface area contributed by atoms with Crippen molar-refractivity contribution in [2.75, 3.05) is 40.8 Å². The summed E-state index contributed by atoms with van der Waals surface area (Å²) in [6.45, 7) is 12.9. The highest BCUT2D eigenvalue weighted by Gasteiger charge is 2.21. The maximum absolute atomic E-state index is 12.4. The molecule has 4 N–H and O–H groups in total. The van der Waals surface area contributed by atoms with Crippen molar-refractivity contribution in [3.8, 4) is 0 Å². The normalized spacial score (nSPS) is 20.5. The largest absolute Gasteiger partial charge is 0.494 e. The second kappa shape index (κ2) is 16.1. The first-order chi connectivity index (χ1) is 16.3. The quantitative estimate of drug-likeness (QED) is 0.256. The third-order valence-corrected chi connectivity index (χ3v) is 6.10. The number of likely N-dealkylation sites (tertiary alicyclic amines) is 1. The van der Waals surface area contributed by atoms with Crippen LogP contribution in [0.5, 0.6) is 0 Å². The number of piperidine rings is 1. The first-order valence-electron chi connectivity index (χ1n) is 12.2. The third-order valence-electron chi connectivity index (χ3n) is 6.10. The molecule has 0 saturated carbocycles. The van der Waals surface area contributed by atoms with Crippen molar-refractivity contribution in [3.05, 3.63) is 48.3 Å². The molecule has 0 aromatic rings. The minimum Gasteiger partial charge on any atom is -0.494 e. The Hall–Kier alpha value is -2.58. The van der Waals surface area contributed by atoms with Crippen molar-refractivity contribution in [2.24, 2.45) is 10.7 Å². The highest BCUT2D eigenvalue weighted by molar-refractivity contribution is 5.78. The molecule has 1 atom stereocenters. The van der Waals surface area contributed by atoms with Gasteiger partial charge in [0.1, 0.15) is 11.9 Å². The van der Waals surface area contributed by atoms with Gasteiger partial charge in [0.15, 0.2) is 0 Å². The molecule has 1 fully saturated rings. The summed E-state index contributed by atoms with van der Waals surface area (Å²) in [5, 5.41) is 6.06. The third kappa shape index (κ3) is 10.6. The molecular formula is C26H46N6O2. The van der Waals surface area contributed by atoms with Crippen LogP contribution < -0.4 is 16.4 Å². The summed E-state index contributed by atoms with van der Waals surface area (Å²) >= 11 is 0. The molecule has 0 spiro atoms. The van der Waals surface area contributed by atoms with Crippen LogP contribution >= 0.6 is 0 Å². The molecule has 0 radical (unpaired) electrons. The zero-order valence-corrected chi connectivity index (χ0v) is 21.9. The minimum atomic E-state index is -0.0325. The van der Waals surface area contributed by atoms with Gasteiger partial charge in [0, 0.05) is 56.9 Å². The SMILES string of the molecule is C=C.CC/C(NC)=C(N)\C=C(/C)OC1CC=NC(NC(=O)CCN2CCC(N(C)C)CC2)=CC1. The van der Waals surface area contributed by atoms with E-state index in [0.717, 1.165) is 50.4 Å². The van der Waals surface area contributed by atoms with Gasteiger partial charge in [-0.3, -0.25) is 4.79 Å². The van der Waals surface area contributed by atoms with Crippen LogP contribution in [-0.2, 0) is 9.53 Å². The monoisotopic (exact) mass is 474 g/mol. The van der Waals surface area contributed by atoms with E-state index < -0.39 is 0 Å². The van der Waals surface area contributed by atoms with E-state index in [1.165, 1.54) is 0 Å². The Labute approximate surface area is 206 Å². The van der Waals surface area contributed by atoms with Gasteiger partial charge in [-0.15, -0.1) is 13.2 Å². The average molecular weight is 475 g/mol. The van der Waals surface area contributed by atoms with Gasteiger partial charge >= 0.3 is 0 Å². The molecule has 0 aromatic heterocycles. The number of carbonyl (C=O) groups is 1. The molecule has 2 aliphatic heterocycles. The maximum Gasteiger partial charge on any atom is 0.226 e. The predicted octanol–water partition coefficient (Wildman–Crippen LogP) is 3.12. The maximum atomic E-state index is 12.4. The Morgan fingerprint density at radius 2 is 2.00 bits per heavy atom. The van der Waals surface area contributed by atoms with E-state index in [-0.39, 0.29) is 12.0 Å². The first-order valence-corrected chi connectivity index (χ1v) is 12.2. The molecular weight excluding hydrogens is 428 g/mol. The molecule has 192 valence electrons. The molecule has 0 aliphatic carbocycles. The van der Waals surface area contributed by atoms with Gasteiger partial charge in [-0.05, 0) is 59.4 Å². The van der Waals surface area contributed by atoms with E-state index in [9.17, 15) is 4.79 Å². The van der Waals surface area contributed by atoms with Crippen LogP contribution in [0.1, 0.15) is 52.4 Å². The summed E-state index contributed by atoms with van der Waals surface area (Å²) in [7, 11) is 6.15. The molecule has 1 amide bonds. The minimum absolute atomic E-state index is 0.00986. The number of carbonyl (C=O) groups excluding carboxylic acids is 1. The number of ether oxygens (including phenoxy) is 1. The van der Waals surface area contributed by atoms with Crippen molar-refractivity contribution in [1.82, 2.24) is 20.4 Å². The molecule has 2 heterocycles. The van der Waals surface area contributed by atoms with E-state index in [1.54, 1.807) is 0 Å². The molecule has 1 unspecified atom stereocenters. The molecule has 2 aliphatic rings. The second-order valence-electron chi connectivity index (χ2n) is 8.74. The lowest BCUT2D eigenvalue weighted by atomic mass is 10.0. The Bertz CT molecular complexity index is 742. The Kier molecular flexibility index (Phi) is 14.0. The van der Waals surface area contributed by atoms with Crippen LogP contribution in [0.25, 0.3) is 0 Å². The van der Waals surface area contributed by atoms with E-state index in [4.69, 9.17) is 10.5 Å². The van der Waals surface area contributed by atoms with Crippen molar-refractivity contribution < 1.29 is 9.53 Å². The van der Waals surface area contributed by atoms with E-state index in [0.29, 0.717) is 36.8 Å². The number of allylic oxidation sites excluding steroid dienone is 3. The van der Waals surface area contributed by atoms with E-state index >= 15 is 0 Å². The lowest BCUT2D eigenvalue weighted by molar-refractivity contribution is -0.120. The van der Waals surface area contributed by atoms with Crippen molar-refractivity contribution in [1.29, 1.82) is 0 Å². The van der Waals surface area contributed by atoms with Crippen LogP contribution in [0.4, 0.5) is 0 Å². The molecule has 1 saturated heterocycles. The standard InChI is InChI=1S/C24H42N6O2.C2H4/c1-6-22(26-3)21(25)17-18(2)32-20-7-8-23(27-13-9-20)28-24(31)12-16-30-14-10-19(11-15-30)29(4)5;1-2/h8,13,17,19-20,26H,6-7,9-12,14-16,25H2,1-5H3,(H,28,31);1-2H2/b18-17+,22-21-;. The molecule has 2 rings (SSSR count). The molecule has 8 heteroatoms. The number of hydrogen-bond donors (Lipinski definition) is 3. The van der Waals surface area contributed by atoms with Crippen LogP contribution in [0, 0.1) is 0 Å². The van der Waals surface area contributed by atoms with Gasteiger partial charge in [-0.25, -0.2) is 4.99 Å². The summed E-state index contributed by atoms with van der Waals surface area (Å²) in [4.78, 5) is 21.5. The van der Waals surface area contributed by atoms with Gasteiger partial charge in [0.05, 0.1) is 11.5 Å². The number of amides is 1. The number of nitrogens with two attached hydrogens (primary N) is 1. The zero-order valence-electron chi connectivity index (χ0n) is 21.9. The zero-order chi connectivity index (χ0) is 25.5. The molecule has 0 bridgehead atoms. The number of nitrogens with zero attached hydrogens (tertiary/aromatic N) is 3. The van der Waals surface area contributed by atoms with Crippen LogP contribution in [0.2, 0.25) is 0 Å². The highest BCUT2D eigenvalue weighted by atomic mass is 16.5. The van der Waals surface area contributed by atoms with Gasteiger partial charge < -0.3 is 30.9 Å². The average Bonchev–Trinajstić information content (AvgIpc) is 3.04. The highest BCUT2D eigenvalue weighted by Crippen LogP contribution is 2.16. The van der Waals surface area contributed by atoms with Gasteiger partial charge in [-0.2, -0.15) is 0 Å². The lowest BCUT2D eigenvalue weighted by Crippen LogP contribution is -2.43. The summed E-state index contributed by atoms with van der Waals surface area (Å²) in [5.41, 5.74) is 7.80. The molecule has 8 nitrogen and oxygen atoms in total. The Balaban J connectivity index is 0.00000281. The number of nitrogens with one attached hydrogen (secondary N) is 2. The smallest absolute Gasteiger partial charge is 0.226 e. The summed E-state index contributed by atoms with van der Waals surface area (Å²) < 4.78 is 6.05. The fourth-order valence-corrected chi connectivity index (χ4v) is 4.09. The first kappa shape index (κ1) is 29.5. The van der Waals surface area contributed by atoms with Crippen molar-refractivity contribution in [2.45, 2.75) is 64.5 Å². The Morgan fingerprint density at radius 3 is 2.59 bits per heavy atom. The van der Waals surface area contributed by atoms with Crippen LogP contribution in [-0.4, -0.2) is 74.8 Å². The van der Waals surface area contributed by atoms with Gasteiger partial charge in [-0.1, -0.05) is 6.92 Å². The summed E-state index contributed by atoms with van der Waals surface area (Å²) in [5.74, 6) is 1.38. The summed E-state index contributed by atoms with van der Waals surface area (Å²) in [6, 6.07) is 0.656. The number of hydrogen-bond acceptors (Lipinski definition) is 7. The summed E-state index contributed by atoms with van der Waals surface area (Å²) in [6.07, 6.45) is 10.6. The van der Waals surface area contributed by atoms with Crippen molar-refractivity contribution >= 4 is 12.1 Å².